The van der Waals surface area contributed by atoms with E-state index in [9.17, 15) is 5.11 Å². The van der Waals surface area contributed by atoms with Gasteiger partial charge < -0.3 is 10.4 Å². The van der Waals surface area contributed by atoms with Crippen LogP contribution in [0.4, 0.5) is 0 Å². The van der Waals surface area contributed by atoms with Crippen molar-refractivity contribution in [3.05, 3.63) is 29.3 Å². The van der Waals surface area contributed by atoms with Crippen molar-refractivity contribution in [1.29, 1.82) is 0 Å². The zero-order valence-electron chi connectivity index (χ0n) is 9.96. The lowest BCUT2D eigenvalue weighted by molar-refractivity contribution is 0.158. The normalized spacial score (nSPS) is 36.9. The summed E-state index contributed by atoms with van der Waals surface area (Å²) in [5, 5.41) is 13.3. The Kier molecular flexibility index (Phi) is 2.05. The molecule has 2 aliphatic rings. The van der Waals surface area contributed by atoms with E-state index < -0.39 is 0 Å². The first-order valence-corrected chi connectivity index (χ1v) is 6.17. The van der Waals surface area contributed by atoms with Gasteiger partial charge in [-0.3, -0.25) is 0 Å². The standard InChI is InChI=1S/C14H19NO/c1-9-13-7-10-3-4-11(16)8-12(10)14(9,2)5-6-15-13/h3-4,8-9,13,15-16H,5-7H2,1-2H3/t9-,13?,14+/m0/s1. The Labute approximate surface area is 96.7 Å². The van der Waals surface area contributed by atoms with E-state index in [-0.39, 0.29) is 5.41 Å². The van der Waals surface area contributed by atoms with Gasteiger partial charge in [-0.05, 0) is 54.0 Å². The highest BCUT2D eigenvalue weighted by Crippen LogP contribution is 2.46. The van der Waals surface area contributed by atoms with Crippen LogP contribution in [0.25, 0.3) is 0 Å². The first-order valence-electron chi connectivity index (χ1n) is 6.17. The molecule has 1 aliphatic heterocycles. The molecule has 2 bridgehead atoms. The molecule has 1 saturated heterocycles. The minimum absolute atomic E-state index is 0.238. The summed E-state index contributed by atoms with van der Waals surface area (Å²) < 4.78 is 0. The van der Waals surface area contributed by atoms with Crippen LogP contribution in [0, 0.1) is 5.92 Å². The maximum absolute atomic E-state index is 9.67. The predicted octanol–water partition coefficient (Wildman–Crippen LogP) is 2.20. The zero-order valence-corrected chi connectivity index (χ0v) is 9.96. The number of fused-ring (bicyclic) bond motifs is 4. The third-order valence-electron chi connectivity index (χ3n) is 4.81. The Morgan fingerprint density at radius 1 is 1.44 bits per heavy atom. The number of benzene rings is 1. The van der Waals surface area contributed by atoms with E-state index in [2.05, 4.69) is 25.2 Å². The molecule has 2 N–H and O–H groups in total. The van der Waals surface area contributed by atoms with Crippen molar-refractivity contribution in [2.24, 2.45) is 5.92 Å². The average Bonchev–Trinajstić information content (AvgIpc) is 2.25. The van der Waals surface area contributed by atoms with Crippen LogP contribution in [0.3, 0.4) is 0 Å². The van der Waals surface area contributed by atoms with E-state index in [0.717, 1.165) is 13.0 Å². The summed E-state index contributed by atoms with van der Waals surface area (Å²) in [4.78, 5) is 0. The number of phenols is 1. The molecule has 0 aromatic heterocycles. The Morgan fingerprint density at radius 2 is 2.25 bits per heavy atom. The first kappa shape index (κ1) is 10.2. The van der Waals surface area contributed by atoms with Crippen molar-refractivity contribution in [3.8, 4) is 5.75 Å². The summed E-state index contributed by atoms with van der Waals surface area (Å²) in [5.74, 6) is 1.06. The molecule has 3 atom stereocenters. The molecule has 16 heavy (non-hydrogen) atoms. The van der Waals surface area contributed by atoms with Gasteiger partial charge in [0.05, 0.1) is 0 Å². The second kappa shape index (κ2) is 3.24. The van der Waals surface area contributed by atoms with Gasteiger partial charge in [0.15, 0.2) is 0 Å². The molecule has 0 saturated carbocycles. The van der Waals surface area contributed by atoms with Crippen molar-refractivity contribution >= 4 is 0 Å². The molecule has 1 aromatic rings. The van der Waals surface area contributed by atoms with Gasteiger partial charge in [0.25, 0.3) is 0 Å². The van der Waals surface area contributed by atoms with Gasteiger partial charge in [-0.15, -0.1) is 0 Å². The number of aromatic hydroxyl groups is 1. The van der Waals surface area contributed by atoms with Gasteiger partial charge in [-0.25, -0.2) is 0 Å². The van der Waals surface area contributed by atoms with Gasteiger partial charge in [0.2, 0.25) is 0 Å². The Bertz CT molecular complexity index is 429. The van der Waals surface area contributed by atoms with Crippen LogP contribution < -0.4 is 5.32 Å². The lowest BCUT2D eigenvalue weighted by atomic mass is 9.59. The highest BCUT2D eigenvalue weighted by Gasteiger charge is 2.45. The van der Waals surface area contributed by atoms with Crippen molar-refractivity contribution in [2.75, 3.05) is 6.54 Å². The van der Waals surface area contributed by atoms with Gasteiger partial charge >= 0.3 is 0 Å². The molecule has 2 nitrogen and oxygen atoms in total. The van der Waals surface area contributed by atoms with Gasteiger partial charge in [0.1, 0.15) is 5.75 Å². The molecule has 1 aromatic carbocycles. The summed E-state index contributed by atoms with van der Waals surface area (Å²) >= 11 is 0. The molecule has 0 radical (unpaired) electrons. The molecule has 3 rings (SSSR count). The Morgan fingerprint density at radius 3 is 3.06 bits per heavy atom. The molecule has 1 heterocycles. The SMILES string of the molecule is C[C@H]1C2Cc3ccc(O)cc3[C@]1(C)CCN2. The molecule has 1 fully saturated rings. The fourth-order valence-electron chi connectivity index (χ4n) is 3.51. The number of hydrogen-bond acceptors (Lipinski definition) is 2. The minimum Gasteiger partial charge on any atom is -0.508 e. The van der Waals surface area contributed by atoms with E-state index in [4.69, 9.17) is 0 Å². The smallest absolute Gasteiger partial charge is 0.115 e. The van der Waals surface area contributed by atoms with Crippen LogP contribution in [0.2, 0.25) is 0 Å². The molecule has 1 unspecified atom stereocenters. The predicted molar refractivity (Wildman–Crippen MR) is 64.7 cm³/mol. The third-order valence-corrected chi connectivity index (χ3v) is 4.81. The summed E-state index contributed by atoms with van der Waals surface area (Å²) in [6.07, 6.45) is 2.27. The highest BCUT2D eigenvalue weighted by molar-refractivity contribution is 5.44. The van der Waals surface area contributed by atoms with E-state index >= 15 is 0 Å². The minimum atomic E-state index is 0.238. The van der Waals surface area contributed by atoms with Crippen LogP contribution in [0.15, 0.2) is 18.2 Å². The molecule has 0 amide bonds. The summed E-state index contributed by atoms with van der Waals surface area (Å²) in [6.45, 7) is 5.79. The van der Waals surface area contributed by atoms with Crippen molar-refractivity contribution in [1.82, 2.24) is 5.32 Å². The fraction of sp³-hybridized carbons (Fsp3) is 0.571. The molecule has 86 valence electrons. The van der Waals surface area contributed by atoms with Crippen molar-refractivity contribution in [2.45, 2.75) is 38.1 Å². The lowest BCUT2D eigenvalue weighted by Gasteiger charge is -2.50. The number of nitrogens with one attached hydrogen (secondary N) is 1. The van der Waals surface area contributed by atoms with E-state index in [1.807, 2.05) is 12.1 Å². The first-order chi connectivity index (χ1) is 7.61. The Hall–Kier alpha value is -1.02. The molecule has 2 heteroatoms. The van der Waals surface area contributed by atoms with E-state index in [0.29, 0.717) is 17.7 Å². The summed E-state index contributed by atoms with van der Waals surface area (Å²) in [7, 11) is 0. The molecular weight excluding hydrogens is 198 g/mol. The average molecular weight is 217 g/mol. The van der Waals surface area contributed by atoms with Crippen LogP contribution in [-0.2, 0) is 11.8 Å². The van der Waals surface area contributed by atoms with Crippen molar-refractivity contribution < 1.29 is 5.11 Å². The number of piperidine rings is 1. The zero-order chi connectivity index (χ0) is 11.3. The number of phenolic OH excluding ortho intramolecular Hbond substituents is 1. The quantitative estimate of drug-likeness (QED) is 0.698. The highest BCUT2D eigenvalue weighted by atomic mass is 16.3. The lowest BCUT2D eigenvalue weighted by Crippen LogP contribution is -2.56. The van der Waals surface area contributed by atoms with Crippen LogP contribution in [0.1, 0.15) is 31.4 Å². The second-order valence-electron chi connectivity index (χ2n) is 5.56. The van der Waals surface area contributed by atoms with Gasteiger partial charge in [-0.1, -0.05) is 19.9 Å². The van der Waals surface area contributed by atoms with E-state index in [1.165, 1.54) is 17.5 Å². The molecular formula is C14H19NO. The maximum Gasteiger partial charge on any atom is 0.115 e. The monoisotopic (exact) mass is 217 g/mol. The van der Waals surface area contributed by atoms with Gasteiger partial charge in [0, 0.05) is 6.04 Å². The van der Waals surface area contributed by atoms with Crippen molar-refractivity contribution in [3.63, 3.8) is 0 Å². The second-order valence-corrected chi connectivity index (χ2v) is 5.56. The van der Waals surface area contributed by atoms with Gasteiger partial charge in [-0.2, -0.15) is 0 Å². The van der Waals surface area contributed by atoms with E-state index in [1.54, 1.807) is 0 Å². The fourth-order valence-corrected chi connectivity index (χ4v) is 3.51. The third kappa shape index (κ3) is 1.23. The largest absolute Gasteiger partial charge is 0.508 e. The van der Waals surface area contributed by atoms with Crippen LogP contribution in [-0.4, -0.2) is 17.7 Å². The van der Waals surface area contributed by atoms with Crippen LogP contribution in [0.5, 0.6) is 5.75 Å². The Balaban J connectivity index is 2.18. The number of rotatable bonds is 0. The molecule has 0 spiro atoms. The summed E-state index contributed by atoms with van der Waals surface area (Å²) in [5.41, 5.74) is 3.02. The molecule has 1 aliphatic carbocycles. The van der Waals surface area contributed by atoms with Crippen LogP contribution >= 0.6 is 0 Å². The number of hydrogen-bond donors (Lipinski definition) is 2. The topological polar surface area (TPSA) is 32.3 Å². The summed E-state index contributed by atoms with van der Waals surface area (Å²) in [6, 6.07) is 6.49. The maximum atomic E-state index is 9.67.